The maximum Gasteiger partial charge on any atom is 0.202 e. The van der Waals surface area contributed by atoms with Crippen molar-refractivity contribution in [2.45, 2.75) is 17.7 Å². The van der Waals surface area contributed by atoms with Gasteiger partial charge in [0.2, 0.25) is 9.84 Å². The van der Waals surface area contributed by atoms with Gasteiger partial charge in [0.15, 0.2) is 0 Å². The summed E-state index contributed by atoms with van der Waals surface area (Å²) < 4.78 is 24.2. The molecule has 2 rings (SSSR count). The van der Waals surface area contributed by atoms with Crippen LogP contribution in [0.15, 0.2) is 58.4 Å². The van der Waals surface area contributed by atoms with Crippen LogP contribution in [0.4, 0.5) is 0 Å². The predicted molar refractivity (Wildman–Crippen MR) is 60.1 cm³/mol. The Bertz CT molecular complexity index is 496. The number of hydrogen-bond acceptors (Lipinski definition) is 2. The molecule has 0 amide bonds. The van der Waals surface area contributed by atoms with Gasteiger partial charge in [0, 0.05) is 4.91 Å². The van der Waals surface area contributed by atoms with Crippen LogP contribution >= 0.6 is 0 Å². The van der Waals surface area contributed by atoms with Crippen LogP contribution in [-0.2, 0) is 9.84 Å². The van der Waals surface area contributed by atoms with Crippen molar-refractivity contribution in [1.29, 1.82) is 0 Å². The third-order valence-corrected chi connectivity index (χ3v) is 4.30. The van der Waals surface area contributed by atoms with Crippen LogP contribution in [0, 0.1) is 0 Å². The fraction of sp³-hybridized carbons (Fsp3) is 0.167. The van der Waals surface area contributed by atoms with E-state index in [4.69, 9.17) is 0 Å². The molecule has 3 heteroatoms. The lowest BCUT2D eigenvalue weighted by Crippen LogP contribution is -2.05. The SMILES string of the molecule is O=S(=O)(C1=CC=CCC1)c1ccccc1. The average molecular weight is 220 g/mol. The fourth-order valence-electron chi connectivity index (χ4n) is 1.56. The van der Waals surface area contributed by atoms with Crippen molar-refractivity contribution < 1.29 is 8.42 Å². The minimum Gasteiger partial charge on any atom is -0.219 e. The summed E-state index contributed by atoms with van der Waals surface area (Å²) >= 11 is 0. The monoisotopic (exact) mass is 220 g/mol. The number of sulfone groups is 1. The highest BCUT2D eigenvalue weighted by molar-refractivity contribution is 7.95. The lowest BCUT2D eigenvalue weighted by atomic mass is 10.2. The van der Waals surface area contributed by atoms with Gasteiger partial charge in [-0.25, -0.2) is 8.42 Å². The van der Waals surface area contributed by atoms with Crippen molar-refractivity contribution in [3.8, 4) is 0 Å². The summed E-state index contributed by atoms with van der Waals surface area (Å²) in [6.45, 7) is 0. The maximum atomic E-state index is 12.1. The summed E-state index contributed by atoms with van der Waals surface area (Å²) in [6.07, 6.45) is 6.88. The zero-order chi connectivity index (χ0) is 10.7. The van der Waals surface area contributed by atoms with E-state index in [1.807, 2.05) is 12.1 Å². The molecule has 0 N–H and O–H groups in total. The maximum absolute atomic E-state index is 12.1. The molecule has 0 aromatic heterocycles. The Hall–Kier alpha value is -1.35. The minimum atomic E-state index is -3.25. The normalized spacial score (nSPS) is 16.1. The Labute approximate surface area is 89.9 Å². The first kappa shape index (κ1) is 10.2. The van der Waals surface area contributed by atoms with Gasteiger partial charge >= 0.3 is 0 Å². The van der Waals surface area contributed by atoms with Crippen LogP contribution in [0.1, 0.15) is 12.8 Å². The molecule has 0 heterocycles. The first-order valence-electron chi connectivity index (χ1n) is 4.87. The van der Waals surface area contributed by atoms with Crippen LogP contribution in [0.25, 0.3) is 0 Å². The first-order chi connectivity index (χ1) is 7.21. The summed E-state index contributed by atoms with van der Waals surface area (Å²) in [5.41, 5.74) is 0. The highest BCUT2D eigenvalue weighted by Crippen LogP contribution is 2.24. The molecule has 0 saturated heterocycles. The zero-order valence-corrected chi connectivity index (χ0v) is 9.07. The average Bonchev–Trinajstić information content (AvgIpc) is 2.31. The smallest absolute Gasteiger partial charge is 0.202 e. The minimum absolute atomic E-state index is 0.381. The number of hydrogen-bond donors (Lipinski definition) is 0. The summed E-state index contributed by atoms with van der Waals surface area (Å²) in [6, 6.07) is 8.56. The van der Waals surface area contributed by atoms with E-state index in [9.17, 15) is 8.42 Å². The molecule has 0 fully saturated rings. The third kappa shape index (κ3) is 2.02. The van der Waals surface area contributed by atoms with E-state index in [2.05, 4.69) is 0 Å². The van der Waals surface area contributed by atoms with Gasteiger partial charge in [0.1, 0.15) is 0 Å². The van der Waals surface area contributed by atoms with Crippen molar-refractivity contribution in [2.24, 2.45) is 0 Å². The molecule has 0 aliphatic heterocycles. The van der Waals surface area contributed by atoms with Crippen LogP contribution in [0.3, 0.4) is 0 Å². The third-order valence-electron chi connectivity index (χ3n) is 2.37. The van der Waals surface area contributed by atoms with Gasteiger partial charge in [-0.3, -0.25) is 0 Å². The summed E-state index contributed by atoms with van der Waals surface area (Å²) in [5, 5.41) is 0. The molecular weight excluding hydrogens is 208 g/mol. The Morgan fingerprint density at radius 3 is 2.40 bits per heavy atom. The van der Waals surface area contributed by atoms with Gasteiger partial charge < -0.3 is 0 Å². The van der Waals surface area contributed by atoms with Crippen molar-refractivity contribution >= 4 is 9.84 Å². The van der Waals surface area contributed by atoms with E-state index < -0.39 is 9.84 Å². The van der Waals surface area contributed by atoms with Gasteiger partial charge in [0.05, 0.1) is 4.90 Å². The predicted octanol–water partition coefficient (Wildman–Crippen LogP) is 2.69. The largest absolute Gasteiger partial charge is 0.219 e. The molecule has 0 saturated carbocycles. The standard InChI is InChI=1S/C12H12O2S/c13-15(14,11-7-3-1-4-8-11)12-9-5-2-6-10-12/h1-5,7-9H,6,10H2. The summed E-state index contributed by atoms with van der Waals surface area (Å²) in [4.78, 5) is 0.891. The highest BCUT2D eigenvalue weighted by atomic mass is 32.2. The quantitative estimate of drug-likeness (QED) is 0.768. The Morgan fingerprint density at radius 1 is 1.07 bits per heavy atom. The van der Waals surface area contributed by atoms with Crippen LogP contribution in [-0.4, -0.2) is 8.42 Å². The number of allylic oxidation sites excluding steroid dienone is 4. The van der Waals surface area contributed by atoms with Crippen molar-refractivity contribution in [2.75, 3.05) is 0 Å². The van der Waals surface area contributed by atoms with Crippen molar-refractivity contribution in [1.82, 2.24) is 0 Å². The first-order valence-corrected chi connectivity index (χ1v) is 6.35. The number of rotatable bonds is 2. The van der Waals surface area contributed by atoms with Crippen LogP contribution in [0.5, 0.6) is 0 Å². The molecule has 0 unspecified atom stereocenters. The van der Waals surface area contributed by atoms with Crippen LogP contribution < -0.4 is 0 Å². The molecule has 15 heavy (non-hydrogen) atoms. The van der Waals surface area contributed by atoms with Gasteiger partial charge in [-0.2, -0.15) is 0 Å². The van der Waals surface area contributed by atoms with Gasteiger partial charge in [-0.15, -0.1) is 0 Å². The Morgan fingerprint density at radius 2 is 1.80 bits per heavy atom. The van der Waals surface area contributed by atoms with E-state index in [0.29, 0.717) is 16.2 Å². The molecule has 0 spiro atoms. The molecule has 0 bridgehead atoms. The molecule has 1 aliphatic carbocycles. The van der Waals surface area contributed by atoms with Gasteiger partial charge in [0.25, 0.3) is 0 Å². The second-order valence-electron chi connectivity index (χ2n) is 3.42. The van der Waals surface area contributed by atoms with Crippen molar-refractivity contribution in [3.63, 3.8) is 0 Å². The lowest BCUT2D eigenvalue weighted by Gasteiger charge is -2.09. The molecule has 2 nitrogen and oxygen atoms in total. The topological polar surface area (TPSA) is 34.1 Å². The van der Waals surface area contributed by atoms with Crippen LogP contribution in [0.2, 0.25) is 0 Å². The van der Waals surface area contributed by atoms with E-state index in [1.54, 1.807) is 36.4 Å². The number of benzene rings is 1. The summed E-state index contributed by atoms with van der Waals surface area (Å²) in [5.74, 6) is 0. The van der Waals surface area contributed by atoms with E-state index in [1.165, 1.54) is 0 Å². The van der Waals surface area contributed by atoms with Gasteiger partial charge in [-0.05, 0) is 31.1 Å². The molecule has 78 valence electrons. The van der Waals surface area contributed by atoms with E-state index in [-0.39, 0.29) is 0 Å². The Kier molecular flexibility index (Phi) is 2.73. The second kappa shape index (κ2) is 4.03. The highest BCUT2D eigenvalue weighted by Gasteiger charge is 2.19. The molecule has 1 aromatic rings. The van der Waals surface area contributed by atoms with Crippen molar-refractivity contribution in [3.05, 3.63) is 53.5 Å². The molecular formula is C12H12O2S. The zero-order valence-electron chi connectivity index (χ0n) is 8.26. The van der Waals surface area contributed by atoms with E-state index in [0.717, 1.165) is 6.42 Å². The molecule has 0 radical (unpaired) electrons. The molecule has 1 aliphatic rings. The second-order valence-corrected chi connectivity index (χ2v) is 5.42. The summed E-state index contributed by atoms with van der Waals surface area (Å²) in [7, 11) is -3.25. The Balaban J connectivity index is 2.44. The molecule has 1 aromatic carbocycles. The lowest BCUT2D eigenvalue weighted by molar-refractivity contribution is 0.600. The van der Waals surface area contributed by atoms with Gasteiger partial charge in [-0.1, -0.05) is 30.4 Å². The fourth-order valence-corrected chi connectivity index (χ4v) is 3.02. The van der Waals surface area contributed by atoms with E-state index >= 15 is 0 Å². The molecule has 0 atom stereocenters.